The van der Waals surface area contributed by atoms with Crippen molar-refractivity contribution in [2.75, 3.05) is 0 Å². The predicted octanol–water partition coefficient (Wildman–Crippen LogP) is 14.3. The molecular weight excluding hydrogens is 2250 g/mol. The summed E-state index contributed by atoms with van der Waals surface area (Å²) in [6.07, 6.45) is -4.52. The van der Waals surface area contributed by atoms with Crippen LogP contribution in [0.25, 0.3) is 103 Å². The molecule has 0 aliphatic heterocycles. The molecule has 0 aliphatic rings. The molecule has 648 valence electrons. The van der Waals surface area contributed by atoms with E-state index in [0.29, 0.717) is 40.1 Å². The molecule has 0 saturated heterocycles. The van der Waals surface area contributed by atoms with Crippen molar-refractivity contribution in [3.63, 3.8) is 0 Å². The monoisotopic (exact) mass is 2290 g/mol. The Hall–Kier alpha value is -14.6. The van der Waals surface area contributed by atoms with Gasteiger partial charge in [0.15, 0.2) is 0 Å². The van der Waals surface area contributed by atoms with Gasteiger partial charge in [-0.05, 0) is 131 Å². The van der Waals surface area contributed by atoms with Crippen LogP contribution < -0.4 is 30.6 Å². The summed E-state index contributed by atoms with van der Waals surface area (Å²) in [7, 11) is 0. The zero-order chi connectivity index (χ0) is 88.5. The molecule has 15 aromatic heterocycles. The number of nitrogens with zero attached hydrogens (tertiary/aromatic N) is 29. The third-order valence-electron chi connectivity index (χ3n) is 14.2. The van der Waals surface area contributed by atoms with Crippen molar-refractivity contribution in [2.24, 2.45) is 0 Å². The van der Waals surface area contributed by atoms with Crippen LogP contribution in [0.15, 0.2) is 256 Å². The van der Waals surface area contributed by atoms with Crippen LogP contribution in [0.4, 0.5) is 79.0 Å². The topological polar surface area (TPSA) is 381 Å². The van der Waals surface area contributed by atoms with Crippen molar-refractivity contribution >= 4 is 0 Å². The second kappa shape index (κ2) is 48.5. The van der Waals surface area contributed by atoms with Crippen molar-refractivity contribution < 1.29 is 139 Å². The van der Waals surface area contributed by atoms with E-state index < -0.39 is 82.9 Å². The van der Waals surface area contributed by atoms with E-state index in [0.717, 1.165) is 36.4 Å². The minimum Gasteiger partial charge on any atom is -0.413 e. The zero-order valence-corrected chi connectivity index (χ0v) is 69.7. The van der Waals surface area contributed by atoms with E-state index in [1.54, 1.807) is 146 Å². The van der Waals surface area contributed by atoms with E-state index >= 15 is 0 Å². The van der Waals surface area contributed by atoms with Gasteiger partial charge in [0.1, 0.15) is 23.3 Å². The summed E-state index contributed by atoms with van der Waals surface area (Å²) in [4.78, 5) is 48.1. The maximum absolute atomic E-state index is 13.2. The van der Waals surface area contributed by atoms with Gasteiger partial charge < -0.3 is 65.5 Å². The van der Waals surface area contributed by atoms with Crippen molar-refractivity contribution in [1.82, 2.24) is 147 Å². The first-order valence-electron chi connectivity index (χ1n) is 34.0. The van der Waals surface area contributed by atoms with Gasteiger partial charge in [-0.2, -0.15) is 63.1 Å². The van der Waals surface area contributed by atoms with Gasteiger partial charge in [0, 0.05) is 90.7 Å². The van der Waals surface area contributed by atoms with Crippen LogP contribution in [0.2, 0.25) is 0 Å². The third kappa shape index (κ3) is 31.3. The van der Waals surface area contributed by atoms with E-state index in [2.05, 4.69) is 165 Å². The molecule has 50 heteroatoms. The summed E-state index contributed by atoms with van der Waals surface area (Å²) in [5.41, 5.74) is 4.35. The largest absolute Gasteiger partial charge is 3.00 e. The first-order chi connectivity index (χ1) is 59.5. The van der Waals surface area contributed by atoms with E-state index in [1.807, 2.05) is 24.3 Å². The van der Waals surface area contributed by atoms with Crippen molar-refractivity contribution in [1.29, 1.82) is 0 Å². The first-order valence-corrected chi connectivity index (χ1v) is 34.0. The van der Waals surface area contributed by atoms with Gasteiger partial charge in [0.2, 0.25) is 0 Å². The number of aromatic nitrogens is 29. The van der Waals surface area contributed by atoms with Crippen LogP contribution in [-0.2, 0) is 85.0 Å². The predicted molar refractivity (Wildman–Crippen MR) is 392 cm³/mol. The molecule has 29 nitrogen and oxygen atoms in total. The number of alkyl halides is 12. The molecule has 18 rings (SSSR count). The molecule has 0 amide bonds. The summed E-state index contributed by atoms with van der Waals surface area (Å²) in [5, 5.41) is 53.0. The van der Waals surface area contributed by atoms with Crippen LogP contribution in [0.3, 0.4) is 0 Å². The normalized spacial score (nSPS) is 10.6. The number of benzene rings is 3. The van der Waals surface area contributed by atoms with Crippen molar-refractivity contribution in [3.05, 3.63) is 332 Å². The Morgan fingerprint density at radius 3 is 0.575 bits per heavy atom. The molecule has 0 saturated carbocycles. The Morgan fingerprint density at radius 1 is 0.236 bits per heavy atom. The quantitative estimate of drug-likeness (QED) is 0.0956. The summed E-state index contributed by atoms with van der Waals surface area (Å²) in [6.45, 7) is 0. The smallest absolute Gasteiger partial charge is 0.413 e. The van der Waals surface area contributed by atoms with E-state index in [1.165, 1.54) is 49.1 Å². The van der Waals surface area contributed by atoms with Crippen LogP contribution in [0.1, 0.15) is 23.3 Å². The summed E-state index contributed by atoms with van der Waals surface area (Å²) < 4.78 is 223. The van der Waals surface area contributed by atoms with Gasteiger partial charge in [-0.25, -0.2) is 0 Å². The Kier molecular flexibility index (Phi) is 38.0. The Labute approximate surface area is 741 Å². The summed E-state index contributed by atoms with van der Waals surface area (Å²) in [6, 6.07) is 58.7. The van der Waals surface area contributed by atoms with Gasteiger partial charge >= 0.3 is 85.0 Å². The number of tetrazole rings is 2. The van der Waals surface area contributed by atoms with Gasteiger partial charge in [0.05, 0.1) is 45.8 Å². The van der Waals surface area contributed by atoms with E-state index in [9.17, 15) is 79.0 Å². The fraction of sp³-hybridized carbons (Fsp3) is 0.0519. The minimum atomic E-state index is -4.57. The Balaban J connectivity index is 0.000000196. The molecule has 0 N–H and O–H groups in total. The Morgan fingerprint density at radius 2 is 0.425 bits per heavy atom. The molecule has 3 aromatic carbocycles. The maximum atomic E-state index is 13.2. The molecule has 127 heavy (non-hydrogen) atoms. The second-order valence-electron chi connectivity index (χ2n) is 22.8. The van der Waals surface area contributed by atoms with E-state index in [-0.39, 0.29) is 123 Å². The number of hydrogen-bond donors (Lipinski definition) is 0. The fourth-order valence-electron chi connectivity index (χ4n) is 8.79. The molecular formula is C77H42F18Ir3N29. The van der Waals surface area contributed by atoms with Gasteiger partial charge in [0.25, 0.3) is 0 Å². The third-order valence-corrected chi connectivity index (χ3v) is 14.2. The first kappa shape index (κ1) is 99.5. The van der Waals surface area contributed by atoms with Crippen LogP contribution in [-0.4, -0.2) is 116 Å². The molecule has 0 fully saturated rings. The number of pyridine rings is 9. The summed E-state index contributed by atoms with van der Waals surface area (Å²) in [5.74, 6) is -8.41. The molecule has 0 atom stereocenters. The van der Waals surface area contributed by atoms with Crippen LogP contribution in [0, 0.1) is 53.1 Å². The second-order valence-corrected chi connectivity index (χ2v) is 22.8. The number of hydrogen-bond acceptors (Lipinski definition) is 23. The van der Waals surface area contributed by atoms with Crippen LogP contribution in [0.5, 0.6) is 0 Å². The zero-order valence-electron chi connectivity index (χ0n) is 62.5. The summed E-state index contributed by atoms with van der Waals surface area (Å²) >= 11 is 0. The molecule has 18 aromatic rings. The van der Waals surface area contributed by atoms with Gasteiger partial charge in [-0.1, -0.05) is 108 Å². The van der Waals surface area contributed by atoms with E-state index in [4.69, 9.17) is 0 Å². The minimum absolute atomic E-state index is 0. The SMILES string of the molecule is FC(F)(F)c1n[n-]c(-c2ccccn2)n1.FC(F)(F)c1n[n-]c(-c2ccccn2)n1.FC(F)(F)c1n[n-]c(-c2ccccn2)n1.FC(F)(F)c1n[n-]c(-c2ccccn2)n1.Fc1c[c-]c(-c2ccccn2)c(F)c1.Fc1c[c-]c(-c2ccccn2)c(F)c1.Fc1c[c-]c(-c2ccccn2)c(F)c1.[Ir+3].[Ir+3].[Ir+3].c1ccc(-c2nnn[n-]2)nc1.c1ccc(-c2nnn[n-]2)nc1. The fourth-order valence-corrected chi connectivity index (χ4v) is 8.79. The Bertz CT molecular complexity index is 5530. The molecule has 0 radical (unpaired) electrons. The average molecular weight is 2290 g/mol. The molecule has 0 spiro atoms. The molecule has 0 unspecified atom stereocenters. The van der Waals surface area contributed by atoms with Gasteiger partial charge in [-0.15, -0.1) is 36.4 Å². The van der Waals surface area contributed by atoms with Crippen molar-refractivity contribution in [3.8, 4) is 103 Å². The maximum Gasteiger partial charge on any atom is 3.00 e. The molecule has 0 aliphatic carbocycles. The molecule has 0 bridgehead atoms. The number of rotatable bonds is 9. The number of halogens is 18. The van der Waals surface area contributed by atoms with Crippen molar-refractivity contribution in [2.45, 2.75) is 24.7 Å². The standard InChI is InChI=1S/3C11H6F2N.4C8H4F3N4.2C6H4N5.3Ir/c3*12-8-4-5-9(10(13)7-8)11-3-1-2-6-14-11;4*9-8(10,11)7-13-6(14-15-7)5-3-1-2-4-12-5;2*1-2-4-7-5(3-1)6-8-10-11-9-6;;;/h3*1-4,6-7H;4*1-4H;2*1-4H;;;/q9*-1;3*+3. The molecule has 15 heterocycles. The van der Waals surface area contributed by atoms with Crippen LogP contribution >= 0.6 is 0 Å². The average Bonchev–Trinajstić information content (AvgIpc) is 1.81. The van der Waals surface area contributed by atoms with Gasteiger partial charge in [-0.3, -0.25) is 97.3 Å².